The molecule has 1 aromatic rings. The molecule has 0 saturated heterocycles. The minimum Gasteiger partial charge on any atom is -0.493 e. The maximum atomic E-state index is 9.18. The molecule has 2 rings (SSSR count). The van der Waals surface area contributed by atoms with Crippen LogP contribution in [0.5, 0.6) is 11.5 Å². The Kier molecular flexibility index (Phi) is 7.00. The molecule has 22 heavy (non-hydrogen) atoms. The number of aliphatic hydroxyl groups is 1. The molecule has 0 heterocycles. The number of hydrogen-bond donors (Lipinski definition) is 2. The highest BCUT2D eigenvalue weighted by Crippen LogP contribution is 2.29. The van der Waals surface area contributed by atoms with Crippen molar-refractivity contribution in [3.05, 3.63) is 23.8 Å². The van der Waals surface area contributed by atoms with Crippen molar-refractivity contribution in [2.24, 2.45) is 5.92 Å². The van der Waals surface area contributed by atoms with E-state index in [1.165, 1.54) is 5.56 Å². The number of methoxy groups -OCH3 is 1. The fraction of sp³-hybridized carbons (Fsp3) is 0.667. The van der Waals surface area contributed by atoms with Gasteiger partial charge >= 0.3 is 0 Å². The summed E-state index contributed by atoms with van der Waals surface area (Å²) in [5, 5.41) is 12.8. The number of rotatable bonds is 8. The standard InChI is InChI=1S/C18H29NO3/c1-3-10-22-17-9-6-15(11-18(17)21-2)12-19-16-7-4-14(13-20)5-8-16/h6,9,11,14,16,19-20H,3-5,7-8,10,12-13H2,1-2H3. The van der Waals surface area contributed by atoms with Crippen LogP contribution in [0.25, 0.3) is 0 Å². The van der Waals surface area contributed by atoms with Crippen LogP contribution in [0.2, 0.25) is 0 Å². The maximum Gasteiger partial charge on any atom is 0.161 e. The first kappa shape index (κ1) is 17.1. The Balaban J connectivity index is 1.85. The van der Waals surface area contributed by atoms with E-state index in [0.29, 0.717) is 25.2 Å². The van der Waals surface area contributed by atoms with Crippen molar-refractivity contribution in [1.29, 1.82) is 0 Å². The Morgan fingerprint density at radius 3 is 2.59 bits per heavy atom. The fourth-order valence-electron chi connectivity index (χ4n) is 2.96. The number of benzene rings is 1. The predicted octanol–water partition coefficient (Wildman–Crippen LogP) is 3.12. The summed E-state index contributed by atoms with van der Waals surface area (Å²) >= 11 is 0. The van der Waals surface area contributed by atoms with Gasteiger partial charge in [-0.2, -0.15) is 0 Å². The van der Waals surface area contributed by atoms with Gasteiger partial charge in [-0.3, -0.25) is 0 Å². The van der Waals surface area contributed by atoms with Crippen molar-refractivity contribution < 1.29 is 14.6 Å². The zero-order chi connectivity index (χ0) is 15.8. The summed E-state index contributed by atoms with van der Waals surface area (Å²) in [7, 11) is 1.68. The van der Waals surface area contributed by atoms with Gasteiger partial charge in [0.1, 0.15) is 0 Å². The van der Waals surface area contributed by atoms with Gasteiger partial charge in [-0.15, -0.1) is 0 Å². The number of nitrogens with one attached hydrogen (secondary N) is 1. The monoisotopic (exact) mass is 307 g/mol. The average Bonchev–Trinajstić information content (AvgIpc) is 2.58. The summed E-state index contributed by atoms with van der Waals surface area (Å²) in [6.07, 6.45) is 5.55. The highest BCUT2D eigenvalue weighted by atomic mass is 16.5. The lowest BCUT2D eigenvalue weighted by atomic mass is 9.86. The van der Waals surface area contributed by atoms with E-state index < -0.39 is 0 Å². The van der Waals surface area contributed by atoms with E-state index in [2.05, 4.69) is 24.4 Å². The minimum atomic E-state index is 0.336. The summed E-state index contributed by atoms with van der Waals surface area (Å²) in [6.45, 7) is 3.99. The quantitative estimate of drug-likeness (QED) is 0.775. The summed E-state index contributed by atoms with van der Waals surface area (Å²) in [5.74, 6) is 2.13. The van der Waals surface area contributed by atoms with Crippen LogP contribution < -0.4 is 14.8 Å². The smallest absolute Gasteiger partial charge is 0.161 e. The molecular weight excluding hydrogens is 278 g/mol. The van der Waals surface area contributed by atoms with E-state index >= 15 is 0 Å². The Morgan fingerprint density at radius 1 is 1.18 bits per heavy atom. The molecule has 0 radical (unpaired) electrons. The third kappa shape index (κ3) is 4.89. The number of hydrogen-bond acceptors (Lipinski definition) is 4. The van der Waals surface area contributed by atoms with E-state index in [0.717, 1.165) is 50.1 Å². The van der Waals surface area contributed by atoms with Crippen LogP contribution in [0, 0.1) is 5.92 Å². The van der Waals surface area contributed by atoms with Crippen LogP contribution in [-0.4, -0.2) is 31.5 Å². The first-order chi connectivity index (χ1) is 10.8. The zero-order valence-corrected chi connectivity index (χ0v) is 13.8. The minimum absolute atomic E-state index is 0.336. The van der Waals surface area contributed by atoms with Crippen molar-refractivity contribution >= 4 is 0 Å². The van der Waals surface area contributed by atoms with Gasteiger partial charge in [-0.05, 0) is 55.7 Å². The van der Waals surface area contributed by atoms with Gasteiger partial charge in [0.05, 0.1) is 13.7 Å². The molecule has 1 aromatic carbocycles. The molecule has 0 bridgehead atoms. The molecule has 0 atom stereocenters. The van der Waals surface area contributed by atoms with Gasteiger partial charge in [0.2, 0.25) is 0 Å². The third-order valence-electron chi connectivity index (χ3n) is 4.39. The van der Waals surface area contributed by atoms with Crippen LogP contribution >= 0.6 is 0 Å². The molecule has 4 nitrogen and oxygen atoms in total. The van der Waals surface area contributed by atoms with Crippen LogP contribution in [0.1, 0.15) is 44.6 Å². The number of aliphatic hydroxyl groups excluding tert-OH is 1. The first-order valence-corrected chi connectivity index (χ1v) is 8.40. The Labute approximate surface area is 133 Å². The Hall–Kier alpha value is -1.26. The maximum absolute atomic E-state index is 9.18. The van der Waals surface area contributed by atoms with E-state index in [1.54, 1.807) is 7.11 Å². The second-order valence-corrected chi connectivity index (χ2v) is 6.11. The molecule has 1 aliphatic rings. The summed E-state index contributed by atoms with van der Waals surface area (Å²) < 4.78 is 11.1. The highest BCUT2D eigenvalue weighted by Gasteiger charge is 2.20. The van der Waals surface area contributed by atoms with E-state index in [9.17, 15) is 5.11 Å². The van der Waals surface area contributed by atoms with Crippen molar-refractivity contribution in [2.75, 3.05) is 20.3 Å². The molecule has 124 valence electrons. The summed E-state index contributed by atoms with van der Waals surface area (Å²) in [6, 6.07) is 6.70. The fourth-order valence-corrected chi connectivity index (χ4v) is 2.96. The lowest BCUT2D eigenvalue weighted by Crippen LogP contribution is -2.33. The third-order valence-corrected chi connectivity index (χ3v) is 4.39. The van der Waals surface area contributed by atoms with Crippen molar-refractivity contribution in [1.82, 2.24) is 5.32 Å². The van der Waals surface area contributed by atoms with Crippen LogP contribution in [-0.2, 0) is 6.54 Å². The number of ether oxygens (including phenoxy) is 2. The van der Waals surface area contributed by atoms with Crippen LogP contribution in [0.4, 0.5) is 0 Å². The molecular formula is C18H29NO3. The van der Waals surface area contributed by atoms with Crippen molar-refractivity contribution in [3.8, 4) is 11.5 Å². The van der Waals surface area contributed by atoms with Crippen molar-refractivity contribution in [3.63, 3.8) is 0 Å². The molecule has 0 aromatic heterocycles. The average molecular weight is 307 g/mol. The SMILES string of the molecule is CCCOc1ccc(CNC2CCC(CO)CC2)cc1OC. The molecule has 0 spiro atoms. The summed E-state index contributed by atoms with van der Waals surface area (Å²) in [4.78, 5) is 0. The second-order valence-electron chi connectivity index (χ2n) is 6.11. The van der Waals surface area contributed by atoms with E-state index in [4.69, 9.17) is 9.47 Å². The molecule has 1 fully saturated rings. The lowest BCUT2D eigenvalue weighted by Gasteiger charge is -2.28. The van der Waals surface area contributed by atoms with Gasteiger partial charge in [-0.25, -0.2) is 0 Å². The van der Waals surface area contributed by atoms with Crippen LogP contribution in [0.15, 0.2) is 18.2 Å². The van der Waals surface area contributed by atoms with Gasteiger partial charge in [0, 0.05) is 19.2 Å². The molecule has 0 aliphatic heterocycles. The molecule has 0 unspecified atom stereocenters. The van der Waals surface area contributed by atoms with Gasteiger partial charge in [0.25, 0.3) is 0 Å². The Bertz CT molecular complexity index is 442. The molecule has 4 heteroatoms. The molecule has 0 amide bonds. The first-order valence-electron chi connectivity index (χ1n) is 8.40. The molecule has 1 saturated carbocycles. The predicted molar refractivity (Wildman–Crippen MR) is 88.5 cm³/mol. The molecule has 1 aliphatic carbocycles. The van der Waals surface area contributed by atoms with Gasteiger partial charge in [0.15, 0.2) is 11.5 Å². The highest BCUT2D eigenvalue weighted by molar-refractivity contribution is 5.42. The summed E-state index contributed by atoms with van der Waals surface area (Å²) in [5.41, 5.74) is 1.21. The normalized spacial score (nSPS) is 21.6. The second kappa shape index (κ2) is 9.01. The van der Waals surface area contributed by atoms with Crippen LogP contribution in [0.3, 0.4) is 0 Å². The van der Waals surface area contributed by atoms with Gasteiger partial charge < -0.3 is 19.9 Å². The largest absolute Gasteiger partial charge is 0.493 e. The van der Waals surface area contributed by atoms with E-state index in [1.807, 2.05) is 6.07 Å². The molecule has 2 N–H and O–H groups in total. The topological polar surface area (TPSA) is 50.7 Å². The lowest BCUT2D eigenvalue weighted by molar-refractivity contribution is 0.175. The van der Waals surface area contributed by atoms with Crippen molar-refractivity contribution in [2.45, 2.75) is 51.6 Å². The zero-order valence-electron chi connectivity index (χ0n) is 13.8. The Morgan fingerprint density at radius 2 is 1.95 bits per heavy atom. The van der Waals surface area contributed by atoms with Gasteiger partial charge in [-0.1, -0.05) is 13.0 Å². The van der Waals surface area contributed by atoms with E-state index in [-0.39, 0.29) is 0 Å².